The monoisotopic (exact) mass is 408 g/mol. The van der Waals surface area contributed by atoms with Gasteiger partial charge in [-0.15, -0.1) is 0 Å². The van der Waals surface area contributed by atoms with Crippen LogP contribution in [0.5, 0.6) is 5.75 Å². The molecule has 2 aromatic rings. The van der Waals surface area contributed by atoms with Gasteiger partial charge in [0.2, 0.25) is 0 Å². The van der Waals surface area contributed by atoms with Gasteiger partial charge in [-0.1, -0.05) is 26.8 Å². The van der Waals surface area contributed by atoms with E-state index in [2.05, 4.69) is 4.98 Å². The quantitative estimate of drug-likeness (QED) is 0.416. The first-order valence-corrected chi connectivity index (χ1v) is 10.4. The summed E-state index contributed by atoms with van der Waals surface area (Å²) in [6.07, 6.45) is 2.31. The normalized spacial score (nSPS) is 18.3. The second-order valence-corrected chi connectivity index (χ2v) is 7.59. The minimum atomic E-state index is -0.708. The van der Waals surface area contributed by atoms with Crippen molar-refractivity contribution in [1.29, 1.82) is 0 Å². The number of amides is 1. The summed E-state index contributed by atoms with van der Waals surface area (Å²) in [6, 6.07) is 9.98. The van der Waals surface area contributed by atoms with Crippen LogP contribution in [0.3, 0.4) is 0 Å². The van der Waals surface area contributed by atoms with Gasteiger partial charge in [0.05, 0.1) is 17.9 Å². The fourth-order valence-corrected chi connectivity index (χ4v) is 3.79. The Kier molecular flexibility index (Phi) is 6.55. The number of Topliss-reactive ketones (excluding diaryl/α,β-unsaturated/α-hetero) is 1. The molecule has 1 aromatic heterocycles. The second-order valence-electron chi connectivity index (χ2n) is 7.59. The molecule has 6 heteroatoms. The Bertz CT molecular complexity index is 966. The van der Waals surface area contributed by atoms with E-state index in [9.17, 15) is 14.7 Å². The number of pyridine rings is 1. The Morgan fingerprint density at radius 2 is 1.97 bits per heavy atom. The molecular weight excluding hydrogens is 380 g/mol. The van der Waals surface area contributed by atoms with Gasteiger partial charge in [-0.3, -0.25) is 14.6 Å². The van der Waals surface area contributed by atoms with Crippen LogP contribution in [0.25, 0.3) is 5.76 Å². The molecule has 1 amide bonds. The molecule has 2 heterocycles. The summed E-state index contributed by atoms with van der Waals surface area (Å²) >= 11 is 0. The lowest BCUT2D eigenvalue weighted by molar-refractivity contribution is -0.139. The van der Waals surface area contributed by atoms with Crippen LogP contribution in [0.2, 0.25) is 0 Å². The van der Waals surface area contributed by atoms with Gasteiger partial charge < -0.3 is 14.7 Å². The second kappa shape index (κ2) is 9.11. The molecule has 1 aliphatic rings. The van der Waals surface area contributed by atoms with Gasteiger partial charge in [0.25, 0.3) is 11.7 Å². The third-order valence-electron chi connectivity index (χ3n) is 5.18. The van der Waals surface area contributed by atoms with Gasteiger partial charge >= 0.3 is 0 Å². The molecule has 1 aliphatic heterocycles. The maximum Gasteiger partial charge on any atom is 0.295 e. The number of benzene rings is 1. The van der Waals surface area contributed by atoms with E-state index in [1.165, 1.54) is 4.90 Å². The average Bonchev–Trinajstić information content (AvgIpc) is 2.99. The van der Waals surface area contributed by atoms with E-state index >= 15 is 0 Å². The summed E-state index contributed by atoms with van der Waals surface area (Å²) < 4.78 is 5.70. The first-order chi connectivity index (χ1) is 14.4. The summed E-state index contributed by atoms with van der Waals surface area (Å²) in [4.78, 5) is 31.5. The van der Waals surface area contributed by atoms with Gasteiger partial charge in [0.15, 0.2) is 0 Å². The van der Waals surface area contributed by atoms with Crippen molar-refractivity contribution in [3.05, 3.63) is 65.0 Å². The first-order valence-electron chi connectivity index (χ1n) is 10.4. The van der Waals surface area contributed by atoms with Crippen LogP contribution in [0, 0.1) is 0 Å². The molecule has 1 unspecified atom stereocenters. The third kappa shape index (κ3) is 3.95. The topological polar surface area (TPSA) is 79.7 Å². The minimum Gasteiger partial charge on any atom is -0.507 e. The zero-order chi connectivity index (χ0) is 21.8. The van der Waals surface area contributed by atoms with E-state index < -0.39 is 17.7 Å². The van der Waals surface area contributed by atoms with Gasteiger partial charge in [-0.2, -0.15) is 0 Å². The number of carbonyl (C=O) groups excluding carboxylic acids is 2. The molecule has 30 heavy (non-hydrogen) atoms. The van der Waals surface area contributed by atoms with Crippen molar-refractivity contribution in [2.75, 3.05) is 13.2 Å². The van der Waals surface area contributed by atoms with Crippen molar-refractivity contribution in [3.8, 4) is 5.75 Å². The van der Waals surface area contributed by atoms with Crippen molar-refractivity contribution >= 4 is 17.4 Å². The Labute approximate surface area is 177 Å². The molecule has 0 radical (unpaired) electrons. The van der Waals surface area contributed by atoms with Gasteiger partial charge in [-0.25, -0.2) is 0 Å². The number of ether oxygens (including phenoxy) is 1. The van der Waals surface area contributed by atoms with Crippen LogP contribution in [0.15, 0.2) is 48.2 Å². The van der Waals surface area contributed by atoms with Crippen molar-refractivity contribution in [2.24, 2.45) is 0 Å². The Morgan fingerprint density at radius 1 is 1.20 bits per heavy atom. The average molecular weight is 408 g/mol. The van der Waals surface area contributed by atoms with Crippen LogP contribution in [-0.4, -0.2) is 39.8 Å². The predicted molar refractivity (Wildman–Crippen MR) is 115 cm³/mol. The van der Waals surface area contributed by atoms with Crippen LogP contribution >= 0.6 is 0 Å². The van der Waals surface area contributed by atoms with E-state index in [4.69, 9.17) is 4.74 Å². The molecule has 0 spiro atoms. The van der Waals surface area contributed by atoms with Crippen LogP contribution in [0.4, 0.5) is 0 Å². The highest BCUT2D eigenvalue weighted by Gasteiger charge is 2.46. The van der Waals surface area contributed by atoms with Crippen LogP contribution < -0.4 is 4.74 Å². The SMILES string of the molecule is CCCN1C(=O)C(=O)/C(=C(\O)c2ccc(OCC)c(C(C)C)c2)C1c1ccccn1. The van der Waals surface area contributed by atoms with Crippen molar-refractivity contribution in [3.63, 3.8) is 0 Å². The smallest absolute Gasteiger partial charge is 0.295 e. The molecule has 1 N–H and O–H groups in total. The van der Waals surface area contributed by atoms with Crippen LogP contribution in [-0.2, 0) is 9.59 Å². The fourth-order valence-electron chi connectivity index (χ4n) is 3.79. The van der Waals surface area contributed by atoms with Gasteiger partial charge in [-0.05, 0) is 55.2 Å². The number of ketones is 1. The number of hydrogen-bond acceptors (Lipinski definition) is 5. The molecule has 0 saturated carbocycles. The number of aromatic nitrogens is 1. The van der Waals surface area contributed by atoms with E-state index in [0.717, 1.165) is 11.3 Å². The molecule has 1 aromatic carbocycles. The molecule has 0 bridgehead atoms. The molecule has 158 valence electrons. The number of hydrogen-bond donors (Lipinski definition) is 1. The molecule has 0 aliphatic carbocycles. The van der Waals surface area contributed by atoms with E-state index in [1.54, 1.807) is 30.5 Å². The zero-order valence-corrected chi connectivity index (χ0v) is 17.9. The predicted octanol–water partition coefficient (Wildman–Crippen LogP) is 4.44. The molecule has 1 fully saturated rings. The number of aliphatic hydroxyl groups excluding tert-OH is 1. The highest BCUT2D eigenvalue weighted by Crippen LogP contribution is 2.39. The molecule has 1 saturated heterocycles. The fraction of sp³-hybridized carbons (Fsp3) is 0.375. The number of likely N-dealkylation sites (tertiary alicyclic amines) is 1. The van der Waals surface area contributed by atoms with Crippen molar-refractivity contribution < 1.29 is 19.4 Å². The summed E-state index contributed by atoms with van der Waals surface area (Å²) in [5.74, 6) is -0.571. The number of nitrogens with zero attached hydrogens (tertiary/aromatic N) is 2. The Hall–Kier alpha value is -3.15. The van der Waals surface area contributed by atoms with Crippen LogP contribution in [0.1, 0.15) is 62.9 Å². The van der Waals surface area contributed by atoms with Gasteiger partial charge in [0, 0.05) is 18.3 Å². The number of aliphatic hydroxyl groups is 1. The minimum absolute atomic E-state index is 0.0750. The molecular formula is C24H28N2O4. The molecule has 3 rings (SSSR count). The first kappa shape index (κ1) is 21.6. The lowest BCUT2D eigenvalue weighted by atomic mass is 9.94. The van der Waals surface area contributed by atoms with Gasteiger partial charge in [0.1, 0.15) is 17.6 Å². The maximum absolute atomic E-state index is 12.9. The lowest BCUT2D eigenvalue weighted by Gasteiger charge is -2.24. The Balaban J connectivity index is 2.17. The van der Waals surface area contributed by atoms with E-state index in [0.29, 0.717) is 30.8 Å². The van der Waals surface area contributed by atoms with E-state index in [-0.39, 0.29) is 17.3 Å². The maximum atomic E-state index is 12.9. The largest absolute Gasteiger partial charge is 0.507 e. The summed E-state index contributed by atoms with van der Waals surface area (Å²) in [5, 5.41) is 11.2. The standard InChI is InChI=1S/C24H28N2O4/c1-5-13-26-21(18-9-7-8-12-25-18)20(23(28)24(26)29)22(27)16-10-11-19(30-6-2)17(14-16)15(3)4/h7-12,14-15,21,27H,5-6,13H2,1-4H3/b22-20-. The van der Waals surface area contributed by atoms with Crippen molar-refractivity contribution in [2.45, 2.75) is 46.1 Å². The highest BCUT2D eigenvalue weighted by atomic mass is 16.5. The Morgan fingerprint density at radius 3 is 2.57 bits per heavy atom. The lowest BCUT2D eigenvalue weighted by Crippen LogP contribution is -2.30. The zero-order valence-electron chi connectivity index (χ0n) is 17.9. The molecule has 1 atom stereocenters. The summed E-state index contributed by atoms with van der Waals surface area (Å²) in [5.41, 5.74) is 2.04. The van der Waals surface area contributed by atoms with Crippen molar-refractivity contribution in [1.82, 2.24) is 9.88 Å². The summed E-state index contributed by atoms with van der Waals surface area (Å²) in [7, 11) is 0. The highest BCUT2D eigenvalue weighted by molar-refractivity contribution is 6.46. The molecule has 6 nitrogen and oxygen atoms in total. The third-order valence-corrected chi connectivity index (χ3v) is 5.18. The number of carbonyl (C=O) groups is 2. The number of rotatable bonds is 7. The van der Waals surface area contributed by atoms with E-state index in [1.807, 2.05) is 39.8 Å². The summed E-state index contributed by atoms with van der Waals surface area (Å²) in [6.45, 7) is 8.87.